The van der Waals surface area contributed by atoms with Crippen molar-refractivity contribution in [3.63, 3.8) is 0 Å². The van der Waals surface area contributed by atoms with Crippen molar-refractivity contribution in [2.24, 2.45) is 5.73 Å². The number of amides is 1. The Hall–Kier alpha value is -0.520. The van der Waals surface area contributed by atoms with Gasteiger partial charge in [0.05, 0.1) is 21.7 Å². The predicted molar refractivity (Wildman–Crippen MR) is 91.8 cm³/mol. The van der Waals surface area contributed by atoms with Crippen LogP contribution in [0.4, 0.5) is 0 Å². The van der Waals surface area contributed by atoms with Crippen LogP contribution in [0.15, 0.2) is 18.2 Å². The number of hydrogen-bond donors (Lipinski definition) is 2. The van der Waals surface area contributed by atoms with Crippen LogP contribution < -0.4 is 11.1 Å². The lowest BCUT2D eigenvalue weighted by molar-refractivity contribution is -0.133. The van der Waals surface area contributed by atoms with Crippen LogP contribution >= 0.6 is 35.6 Å². The Morgan fingerprint density at radius 1 is 1.36 bits per heavy atom. The van der Waals surface area contributed by atoms with Crippen molar-refractivity contribution in [2.45, 2.75) is 44.4 Å². The highest BCUT2D eigenvalue weighted by atomic mass is 35.5. The molecule has 0 aliphatic carbocycles. The van der Waals surface area contributed by atoms with Crippen molar-refractivity contribution in [3.05, 3.63) is 33.8 Å². The molecule has 2 atom stereocenters. The summed E-state index contributed by atoms with van der Waals surface area (Å²) in [4.78, 5) is 12.3. The van der Waals surface area contributed by atoms with Gasteiger partial charge >= 0.3 is 0 Å². The third-order valence-corrected chi connectivity index (χ3v) is 4.48. The second-order valence-corrected chi connectivity index (χ2v) is 6.62. The molecule has 1 aliphatic rings. The van der Waals surface area contributed by atoms with Gasteiger partial charge in [-0.3, -0.25) is 4.79 Å². The molecule has 1 aromatic rings. The smallest absolute Gasteiger partial charge is 0.249 e. The molecule has 1 aromatic carbocycles. The molecule has 0 unspecified atom stereocenters. The fourth-order valence-electron chi connectivity index (χ4n) is 2.42. The quantitative estimate of drug-likeness (QED) is 0.858. The Balaban J connectivity index is 0.00000242. The lowest BCUT2D eigenvalue weighted by Gasteiger charge is -2.28. The number of carbonyl (C=O) groups is 1. The van der Waals surface area contributed by atoms with Crippen molar-refractivity contribution < 1.29 is 9.53 Å². The van der Waals surface area contributed by atoms with Crippen LogP contribution in [0.3, 0.4) is 0 Å². The van der Waals surface area contributed by atoms with Crippen LogP contribution in [0.2, 0.25) is 10.0 Å². The van der Waals surface area contributed by atoms with Gasteiger partial charge in [0.2, 0.25) is 5.91 Å². The molecule has 1 saturated heterocycles. The zero-order chi connectivity index (χ0) is 15.6. The van der Waals surface area contributed by atoms with Gasteiger partial charge in [-0.2, -0.15) is 0 Å². The van der Waals surface area contributed by atoms with E-state index in [1.54, 1.807) is 12.1 Å². The van der Waals surface area contributed by atoms with Gasteiger partial charge in [0.1, 0.15) is 6.10 Å². The van der Waals surface area contributed by atoms with E-state index in [4.69, 9.17) is 33.7 Å². The van der Waals surface area contributed by atoms with Gasteiger partial charge in [0.15, 0.2) is 0 Å². The van der Waals surface area contributed by atoms with Crippen LogP contribution in [-0.2, 0) is 15.1 Å². The number of halogens is 3. The van der Waals surface area contributed by atoms with Crippen LogP contribution in [0.1, 0.15) is 32.3 Å². The van der Waals surface area contributed by atoms with Crippen LogP contribution in [0.5, 0.6) is 0 Å². The van der Waals surface area contributed by atoms with Gasteiger partial charge in [-0.25, -0.2) is 0 Å². The van der Waals surface area contributed by atoms with Crippen molar-refractivity contribution in [1.29, 1.82) is 0 Å². The summed E-state index contributed by atoms with van der Waals surface area (Å²) in [6.07, 6.45) is 1.07. The fraction of sp³-hybridized carbons (Fsp3) is 0.533. The Kier molecular flexibility index (Phi) is 6.96. The lowest BCUT2D eigenvalue weighted by Crippen LogP contribution is -2.46. The van der Waals surface area contributed by atoms with Crippen LogP contribution in [0.25, 0.3) is 0 Å². The number of ether oxygens (including phenoxy) is 1. The van der Waals surface area contributed by atoms with E-state index in [1.807, 2.05) is 19.9 Å². The van der Waals surface area contributed by atoms with Gasteiger partial charge in [0, 0.05) is 6.54 Å². The molecule has 3 N–H and O–H groups in total. The van der Waals surface area contributed by atoms with E-state index in [0.29, 0.717) is 23.0 Å². The average Bonchev–Trinajstić information content (AvgIpc) is 2.90. The molecule has 124 valence electrons. The highest BCUT2D eigenvalue weighted by Gasteiger charge is 2.33. The normalized spacial score (nSPS) is 21.3. The van der Waals surface area contributed by atoms with E-state index in [-0.39, 0.29) is 24.4 Å². The standard InChI is InChI=1S/C15H20Cl2N2O2.ClH/c1-15(2,9-3-5-11(16)12(17)7-9)19-14(20)13-6-4-10(8-18)21-13;/h3,5,7,10,13H,4,6,8,18H2,1-2H3,(H,19,20);1H/t10-,13+;/m1./s1. The second kappa shape index (κ2) is 7.84. The first-order valence-corrected chi connectivity index (χ1v) is 7.72. The van der Waals surface area contributed by atoms with E-state index in [2.05, 4.69) is 5.32 Å². The van der Waals surface area contributed by atoms with E-state index in [9.17, 15) is 4.79 Å². The molecular formula is C15H21Cl3N2O2. The molecule has 1 heterocycles. The van der Waals surface area contributed by atoms with E-state index in [1.165, 1.54) is 0 Å². The Morgan fingerprint density at radius 3 is 2.59 bits per heavy atom. The minimum Gasteiger partial charge on any atom is -0.364 e. The minimum absolute atomic E-state index is 0. The van der Waals surface area contributed by atoms with Gasteiger partial charge in [-0.15, -0.1) is 12.4 Å². The molecule has 1 aliphatic heterocycles. The molecule has 2 rings (SSSR count). The highest BCUT2D eigenvalue weighted by molar-refractivity contribution is 6.42. The summed E-state index contributed by atoms with van der Waals surface area (Å²) in [5.41, 5.74) is 5.89. The monoisotopic (exact) mass is 366 g/mol. The molecule has 1 amide bonds. The van der Waals surface area contributed by atoms with Gasteiger partial charge in [-0.05, 0) is 44.4 Å². The zero-order valence-electron chi connectivity index (χ0n) is 12.6. The number of hydrogen-bond acceptors (Lipinski definition) is 3. The molecule has 0 radical (unpaired) electrons. The Bertz CT molecular complexity index is 538. The Morgan fingerprint density at radius 2 is 2.05 bits per heavy atom. The number of rotatable bonds is 4. The van der Waals surface area contributed by atoms with Gasteiger partial charge < -0.3 is 15.8 Å². The summed E-state index contributed by atoms with van der Waals surface area (Å²) in [5, 5.41) is 3.96. The summed E-state index contributed by atoms with van der Waals surface area (Å²) in [6.45, 7) is 4.28. The molecule has 0 spiro atoms. The first-order valence-electron chi connectivity index (χ1n) is 6.96. The van der Waals surface area contributed by atoms with Gasteiger partial charge in [-0.1, -0.05) is 29.3 Å². The summed E-state index contributed by atoms with van der Waals surface area (Å²) >= 11 is 12.0. The van der Waals surface area contributed by atoms with Crippen molar-refractivity contribution >= 4 is 41.5 Å². The first-order chi connectivity index (χ1) is 9.83. The fourth-order valence-corrected chi connectivity index (χ4v) is 2.72. The molecule has 0 aromatic heterocycles. The third-order valence-electron chi connectivity index (χ3n) is 3.74. The second-order valence-electron chi connectivity index (χ2n) is 5.80. The first kappa shape index (κ1) is 19.5. The van der Waals surface area contributed by atoms with E-state index < -0.39 is 11.6 Å². The maximum absolute atomic E-state index is 12.3. The molecule has 0 bridgehead atoms. The van der Waals surface area contributed by atoms with Gasteiger partial charge in [0.25, 0.3) is 0 Å². The predicted octanol–water partition coefficient (Wildman–Crippen LogP) is 3.27. The van der Waals surface area contributed by atoms with E-state index in [0.717, 1.165) is 12.0 Å². The maximum Gasteiger partial charge on any atom is 0.249 e. The Labute approximate surface area is 147 Å². The molecule has 7 heteroatoms. The lowest BCUT2D eigenvalue weighted by atomic mass is 9.94. The summed E-state index contributed by atoms with van der Waals surface area (Å²) < 4.78 is 5.61. The third kappa shape index (κ3) is 4.49. The molecular weight excluding hydrogens is 347 g/mol. The van der Waals surface area contributed by atoms with Crippen LogP contribution in [-0.4, -0.2) is 24.7 Å². The largest absolute Gasteiger partial charge is 0.364 e. The van der Waals surface area contributed by atoms with E-state index >= 15 is 0 Å². The number of nitrogens with one attached hydrogen (secondary N) is 1. The van der Waals surface area contributed by atoms with Crippen molar-refractivity contribution in [1.82, 2.24) is 5.32 Å². The van der Waals surface area contributed by atoms with Crippen molar-refractivity contribution in [2.75, 3.05) is 6.54 Å². The number of carbonyl (C=O) groups excluding carboxylic acids is 1. The molecule has 4 nitrogen and oxygen atoms in total. The maximum atomic E-state index is 12.3. The summed E-state index contributed by atoms with van der Waals surface area (Å²) in [7, 11) is 0. The van der Waals surface area contributed by atoms with Crippen LogP contribution in [0, 0.1) is 0 Å². The average molecular weight is 368 g/mol. The molecule has 22 heavy (non-hydrogen) atoms. The number of nitrogens with two attached hydrogens (primary N) is 1. The summed E-state index contributed by atoms with van der Waals surface area (Å²) in [6, 6.07) is 5.35. The SMILES string of the molecule is CC(C)(NC(=O)[C@@H]1CC[C@H](CN)O1)c1ccc(Cl)c(Cl)c1.Cl. The minimum atomic E-state index is -0.560. The zero-order valence-corrected chi connectivity index (χ0v) is 14.9. The number of benzene rings is 1. The topological polar surface area (TPSA) is 64.4 Å². The molecule has 0 saturated carbocycles. The molecule has 1 fully saturated rings. The summed E-state index contributed by atoms with van der Waals surface area (Å²) in [5.74, 6) is -0.123. The van der Waals surface area contributed by atoms with Crippen molar-refractivity contribution in [3.8, 4) is 0 Å². The highest BCUT2D eigenvalue weighted by Crippen LogP contribution is 2.29.